The van der Waals surface area contributed by atoms with Crippen LogP contribution in [-0.4, -0.2) is 61.9 Å². The zero-order valence-corrected chi connectivity index (χ0v) is 24.5. The highest BCUT2D eigenvalue weighted by Gasteiger charge is 2.40. The largest absolute Gasteiger partial charge is 0.347 e. The minimum Gasteiger partial charge on any atom is -0.347 e. The van der Waals surface area contributed by atoms with Crippen molar-refractivity contribution in [1.82, 2.24) is 30.2 Å². The highest BCUT2D eigenvalue weighted by atomic mass is 16.2. The molecule has 10 heteroatoms. The molecule has 0 spiro atoms. The molecule has 1 aliphatic heterocycles. The molecule has 0 bridgehead atoms. The Kier molecular flexibility index (Phi) is 7.81. The zero-order valence-electron chi connectivity index (χ0n) is 24.5. The number of likely N-dealkylation sites (tertiary alicyclic amines) is 1. The fraction of sp³-hybridized carbons (Fsp3) is 0.467. The molecule has 1 aromatic carbocycles. The van der Waals surface area contributed by atoms with Crippen LogP contribution in [0.4, 0.5) is 5.69 Å². The summed E-state index contributed by atoms with van der Waals surface area (Å²) in [4.78, 5) is 32.9. The second-order valence-electron chi connectivity index (χ2n) is 12.2. The van der Waals surface area contributed by atoms with Gasteiger partial charge in [-0.1, -0.05) is 32.9 Å². The van der Waals surface area contributed by atoms with Gasteiger partial charge >= 0.3 is 0 Å². The summed E-state index contributed by atoms with van der Waals surface area (Å²) in [5, 5.41) is 23.8. The van der Waals surface area contributed by atoms with E-state index < -0.39 is 0 Å². The molecular weight excluding hydrogens is 504 g/mol. The first-order valence-corrected chi connectivity index (χ1v) is 13.5. The third-order valence-corrected chi connectivity index (χ3v) is 8.27. The lowest BCUT2D eigenvalue weighted by atomic mass is 9.77. The summed E-state index contributed by atoms with van der Waals surface area (Å²) in [6.45, 7) is 15.4. The van der Waals surface area contributed by atoms with E-state index in [2.05, 4.69) is 64.7 Å². The van der Waals surface area contributed by atoms with E-state index in [1.807, 2.05) is 27.7 Å². The quantitative estimate of drug-likeness (QED) is 0.493. The summed E-state index contributed by atoms with van der Waals surface area (Å²) in [5.74, 6) is -0.371. The maximum absolute atomic E-state index is 13.1. The van der Waals surface area contributed by atoms with E-state index in [-0.39, 0.29) is 40.4 Å². The van der Waals surface area contributed by atoms with E-state index in [4.69, 9.17) is 0 Å². The molecule has 2 amide bonds. The fourth-order valence-corrected chi connectivity index (χ4v) is 4.92. The van der Waals surface area contributed by atoms with E-state index in [1.54, 1.807) is 36.7 Å². The molecule has 2 aromatic heterocycles. The van der Waals surface area contributed by atoms with E-state index in [0.717, 1.165) is 18.5 Å². The Labute approximate surface area is 235 Å². The van der Waals surface area contributed by atoms with Gasteiger partial charge in [0, 0.05) is 23.7 Å². The molecule has 2 atom stereocenters. The number of rotatable bonds is 5. The predicted octanol–water partition coefficient (Wildman–Crippen LogP) is 4.24. The van der Waals surface area contributed by atoms with Crippen LogP contribution in [0.2, 0.25) is 0 Å². The number of aryl methyl sites for hydroxylation is 1. The van der Waals surface area contributed by atoms with Crippen LogP contribution < -0.4 is 10.6 Å². The average Bonchev–Trinajstić information content (AvgIpc) is 3.40. The Hall–Kier alpha value is -4.10. The SMILES string of the molecule is Cc1ncc(NC(=O)c2cc(C#N)cc(C(C)(C)C)c2)cc1-n1cc(C(=O)NC2CCN(C)C(C)(C)C2C)nn1. The van der Waals surface area contributed by atoms with Crippen molar-refractivity contribution < 1.29 is 9.59 Å². The van der Waals surface area contributed by atoms with Gasteiger partial charge in [0.25, 0.3) is 11.8 Å². The Balaban J connectivity index is 1.52. The number of carbonyl (C=O) groups excluding carboxylic acids is 2. The molecular formula is C30H38N8O2. The van der Waals surface area contributed by atoms with Crippen LogP contribution in [0.1, 0.15) is 85.6 Å². The molecule has 3 heterocycles. The van der Waals surface area contributed by atoms with Gasteiger partial charge in [0.1, 0.15) is 0 Å². The number of aromatic nitrogens is 4. The Bertz CT molecular complexity index is 1480. The van der Waals surface area contributed by atoms with Crippen molar-refractivity contribution in [1.29, 1.82) is 5.26 Å². The zero-order chi connectivity index (χ0) is 29.4. The number of hydrogen-bond donors (Lipinski definition) is 2. The van der Waals surface area contributed by atoms with E-state index in [9.17, 15) is 14.9 Å². The lowest BCUT2D eigenvalue weighted by molar-refractivity contribution is 0.0288. The van der Waals surface area contributed by atoms with Gasteiger partial charge in [-0.15, -0.1) is 5.10 Å². The number of amides is 2. The molecule has 2 N–H and O–H groups in total. The summed E-state index contributed by atoms with van der Waals surface area (Å²) in [6, 6.07) is 9.07. The van der Waals surface area contributed by atoms with Gasteiger partial charge in [-0.2, -0.15) is 5.26 Å². The number of nitrogens with one attached hydrogen (secondary N) is 2. The van der Waals surface area contributed by atoms with Crippen molar-refractivity contribution in [3.8, 4) is 11.8 Å². The molecule has 0 radical (unpaired) electrons. The van der Waals surface area contributed by atoms with Crippen molar-refractivity contribution in [3.63, 3.8) is 0 Å². The number of carbonyl (C=O) groups is 2. The predicted molar refractivity (Wildman–Crippen MR) is 153 cm³/mol. The van der Waals surface area contributed by atoms with Gasteiger partial charge in [0.05, 0.1) is 41.1 Å². The van der Waals surface area contributed by atoms with Gasteiger partial charge in [0.15, 0.2) is 5.69 Å². The van der Waals surface area contributed by atoms with E-state index in [1.165, 1.54) is 4.68 Å². The first-order chi connectivity index (χ1) is 18.7. The molecule has 10 nitrogen and oxygen atoms in total. The number of piperidine rings is 1. The lowest BCUT2D eigenvalue weighted by Gasteiger charge is -2.49. The number of hydrogen-bond acceptors (Lipinski definition) is 7. The molecule has 0 aliphatic carbocycles. The van der Waals surface area contributed by atoms with Crippen molar-refractivity contribution >= 4 is 17.5 Å². The van der Waals surface area contributed by atoms with Crippen LogP contribution in [0.3, 0.4) is 0 Å². The smallest absolute Gasteiger partial charge is 0.273 e. The van der Waals surface area contributed by atoms with Gasteiger partial charge in [-0.25, -0.2) is 4.68 Å². The summed E-state index contributed by atoms with van der Waals surface area (Å²) in [5.41, 5.74) is 3.34. The lowest BCUT2D eigenvalue weighted by Crippen LogP contribution is -2.59. The fourth-order valence-electron chi connectivity index (χ4n) is 4.92. The minimum atomic E-state index is -0.354. The maximum atomic E-state index is 13.1. The monoisotopic (exact) mass is 542 g/mol. The third-order valence-electron chi connectivity index (χ3n) is 8.27. The third kappa shape index (κ3) is 5.89. The first kappa shape index (κ1) is 28.9. The molecule has 1 fully saturated rings. The topological polar surface area (TPSA) is 129 Å². The van der Waals surface area contributed by atoms with Crippen molar-refractivity contribution in [2.24, 2.45) is 5.92 Å². The molecule has 40 heavy (non-hydrogen) atoms. The van der Waals surface area contributed by atoms with Gasteiger partial charge in [0.2, 0.25) is 0 Å². The van der Waals surface area contributed by atoms with Gasteiger partial charge in [-0.05, 0) is 75.4 Å². The molecule has 2 unspecified atom stereocenters. The molecule has 0 saturated carbocycles. The summed E-state index contributed by atoms with van der Waals surface area (Å²) >= 11 is 0. The molecule has 3 aromatic rings. The molecule has 4 rings (SSSR count). The maximum Gasteiger partial charge on any atom is 0.273 e. The molecule has 1 aliphatic rings. The van der Waals surface area contributed by atoms with Crippen LogP contribution in [0.25, 0.3) is 5.69 Å². The minimum absolute atomic E-state index is 0.0316. The Morgan fingerprint density at radius 2 is 1.88 bits per heavy atom. The standard InChI is InChI=1S/C30H38N8O2/c1-18-24(9-10-37(8)30(18,6)7)34-28(40)25-17-38(36-35-25)26-14-23(16-32-19(26)2)33-27(39)21-11-20(15-31)12-22(13-21)29(3,4)5/h11-14,16-18,24H,9-10H2,1-8H3,(H,33,39)(H,34,40). The number of benzene rings is 1. The Morgan fingerprint density at radius 1 is 1.15 bits per heavy atom. The highest BCUT2D eigenvalue weighted by Crippen LogP contribution is 2.32. The van der Waals surface area contributed by atoms with E-state index >= 15 is 0 Å². The average molecular weight is 543 g/mol. The summed E-state index contributed by atoms with van der Waals surface area (Å²) < 4.78 is 1.49. The van der Waals surface area contributed by atoms with Gasteiger partial charge < -0.3 is 15.5 Å². The van der Waals surface area contributed by atoms with Crippen molar-refractivity contribution in [3.05, 3.63) is 64.7 Å². The van der Waals surface area contributed by atoms with E-state index in [0.29, 0.717) is 28.2 Å². The van der Waals surface area contributed by atoms with Crippen LogP contribution in [0.15, 0.2) is 36.7 Å². The van der Waals surface area contributed by atoms with Crippen molar-refractivity contribution in [2.75, 3.05) is 18.9 Å². The highest BCUT2D eigenvalue weighted by molar-refractivity contribution is 6.04. The van der Waals surface area contributed by atoms with Crippen LogP contribution in [-0.2, 0) is 5.41 Å². The van der Waals surface area contributed by atoms with Crippen LogP contribution in [0, 0.1) is 24.2 Å². The number of anilines is 1. The number of nitriles is 1. The van der Waals surface area contributed by atoms with Crippen LogP contribution in [0.5, 0.6) is 0 Å². The summed E-state index contributed by atoms with van der Waals surface area (Å²) in [6.07, 6.45) is 3.99. The second kappa shape index (κ2) is 10.8. The van der Waals surface area contributed by atoms with Gasteiger partial charge in [-0.3, -0.25) is 14.6 Å². The van der Waals surface area contributed by atoms with Crippen molar-refractivity contribution in [2.45, 2.75) is 71.9 Å². The van der Waals surface area contributed by atoms with Crippen LogP contribution >= 0.6 is 0 Å². The Morgan fingerprint density at radius 3 is 2.55 bits per heavy atom. The second-order valence-corrected chi connectivity index (χ2v) is 12.2. The number of pyridine rings is 1. The molecule has 1 saturated heterocycles. The molecule has 210 valence electrons. The normalized spacial score (nSPS) is 19.1. The number of nitrogens with zero attached hydrogens (tertiary/aromatic N) is 6. The summed E-state index contributed by atoms with van der Waals surface area (Å²) in [7, 11) is 2.11. The first-order valence-electron chi connectivity index (χ1n) is 13.5.